The summed E-state index contributed by atoms with van der Waals surface area (Å²) in [5.74, 6) is -1.27. The van der Waals surface area contributed by atoms with Gasteiger partial charge in [0.1, 0.15) is 5.75 Å². The van der Waals surface area contributed by atoms with E-state index in [0.717, 1.165) is 4.31 Å². The first-order chi connectivity index (χ1) is 12.7. The van der Waals surface area contributed by atoms with E-state index in [-0.39, 0.29) is 22.0 Å². The Morgan fingerprint density at radius 1 is 1.26 bits per heavy atom. The number of ether oxygens (including phenoxy) is 1. The highest BCUT2D eigenvalue weighted by molar-refractivity contribution is 7.94. The molecule has 9 heteroatoms. The second-order valence-corrected chi connectivity index (χ2v) is 8.40. The van der Waals surface area contributed by atoms with E-state index < -0.39 is 27.8 Å². The molecule has 1 atom stereocenters. The molecule has 142 valence electrons. The largest absolute Gasteiger partial charge is 0.497 e. The lowest BCUT2D eigenvalue weighted by Crippen LogP contribution is -2.30. The van der Waals surface area contributed by atoms with Crippen LogP contribution in [-0.4, -0.2) is 33.1 Å². The predicted molar refractivity (Wildman–Crippen MR) is 103 cm³/mol. The van der Waals surface area contributed by atoms with Crippen LogP contribution in [0.5, 0.6) is 5.75 Å². The van der Waals surface area contributed by atoms with Crippen molar-refractivity contribution < 1.29 is 22.7 Å². The van der Waals surface area contributed by atoms with Crippen molar-refractivity contribution in [3.8, 4) is 5.75 Å². The van der Waals surface area contributed by atoms with Gasteiger partial charge in [-0.3, -0.25) is 9.59 Å². The molecule has 27 heavy (non-hydrogen) atoms. The quantitative estimate of drug-likeness (QED) is 0.839. The zero-order valence-electron chi connectivity index (χ0n) is 14.6. The highest BCUT2D eigenvalue weighted by atomic mass is 35.5. The van der Waals surface area contributed by atoms with Gasteiger partial charge in [0.15, 0.2) is 0 Å². The summed E-state index contributed by atoms with van der Waals surface area (Å²) in [6.45, 7) is 1.55. The van der Waals surface area contributed by atoms with Crippen molar-refractivity contribution in [1.29, 1.82) is 0 Å². The number of amides is 2. The van der Waals surface area contributed by atoms with Gasteiger partial charge < -0.3 is 10.1 Å². The minimum atomic E-state index is -3.73. The van der Waals surface area contributed by atoms with Gasteiger partial charge in [0, 0.05) is 11.8 Å². The maximum absolute atomic E-state index is 12.5. The lowest BCUT2D eigenvalue weighted by Gasteiger charge is -2.16. The van der Waals surface area contributed by atoms with E-state index in [4.69, 9.17) is 16.3 Å². The summed E-state index contributed by atoms with van der Waals surface area (Å²) in [6.07, 6.45) is 0. The van der Waals surface area contributed by atoms with Gasteiger partial charge in [-0.15, -0.1) is 0 Å². The van der Waals surface area contributed by atoms with Crippen LogP contribution in [0.25, 0.3) is 0 Å². The van der Waals surface area contributed by atoms with Crippen molar-refractivity contribution in [3.63, 3.8) is 0 Å². The van der Waals surface area contributed by atoms with Crippen LogP contribution in [0.4, 0.5) is 11.4 Å². The number of hydrogen-bond donors (Lipinski definition) is 1. The lowest BCUT2D eigenvalue weighted by molar-refractivity contribution is -0.119. The number of methoxy groups -OCH3 is 1. The molecule has 1 aliphatic rings. The van der Waals surface area contributed by atoms with Crippen LogP contribution in [0.15, 0.2) is 42.5 Å². The van der Waals surface area contributed by atoms with Gasteiger partial charge in [-0.05, 0) is 30.3 Å². The van der Waals surface area contributed by atoms with Gasteiger partial charge in [-0.1, -0.05) is 24.6 Å². The molecule has 1 heterocycles. The van der Waals surface area contributed by atoms with Crippen LogP contribution in [0.2, 0.25) is 5.02 Å². The molecule has 0 unspecified atom stereocenters. The Kier molecular flexibility index (Phi) is 5.12. The number of halogens is 1. The second kappa shape index (κ2) is 7.21. The van der Waals surface area contributed by atoms with Crippen molar-refractivity contribution in [2.24, 2.45) is 5.92 Å². The van der Waals surface area contributed by atoms with Crippen LogP contribution in [-0.2, 0) is 14.8 Å². The molecule has 0 aromatic heterocycles. The molecule has 1 N–H and O–H groups in total. The average Bonchev–Trinajstić information content (AvgIpc) is 2.81. The lowest BCUT2D eigenvalue weighted by atomic mass is 10.1. The number of rotatable bonds is 4. The van der Waals surface area contributed by atoms with Crippen molar-refractivity contribution >= 4 is 44.8 Å². The first kappa shape index (κ1) is 19.2. The number of nitrogens with zero attached hydrogens (tertiary/aromatic N) is 1. The fourth-order valence-corrected chi connectivity index (χ4v) is 4.87. The molecule has 0 aliphatic carbocycles. The maximum Gasteiger partial charge on any atom is 0.257 e. The Bertz CT molecular complexity index is 1020. The Morgan fingerprint density at radius 3 is 2.59 bits per heavy atom. The number of benzene rings is 2. The Labute approximate surface area is 161 Å². The SMILES string of the molecule is COc1cccc(NC(=O)c2ccc(N3C(=O)[C@@H](C)CS3(=O)=O)cc2Cl)c1. The smallest absolute Gasteiger partial charge is 0.257 e. The summed E-state index contributed by atoms with van der Waals surface area (Å²) in [7, 11) is -2.21. The minimum Gasteiger partial charge on any atom is -0.497 e. The minimum absolute atomic E-state index is 0.0375. The van der Waals surface area contributed by atoms with E-state index in [1.165, 1.54) is 25.3 Å². The van der Waals surface area contributed by atoms with Gasteiger partial charge >= 0.3 is 0 Å². The molecule has 0 spiro atoms. The van der Waals surface area contributed by atoms with Gasteiger partial charge in [-0.2, -0.15) is 0 Å². The van der Waals surface area contributed by atoms with Crippen LogP contribution >= 0.6 is 11.6 Å². The van der Waals surface area contributed by atoms with E-state index in [0.29, 0.717) is 11.4 Å². The molecule has 2 amide bonds. The fourth-order valence-electron chi connectivity index (χ4n) is 2.80. The van der Waals surface area contributed by atoms with Gasteiger partial charge in [-0.25, -0.2) is 12.7 Å². The van der Waals surface area contributed by atoms with Gasteiger partial charge in [0.05, 0.1) is 35.1 Å². The highest BCUT2D eigenvalue weighted by Crippen LogP contribution is 2.31. The maximum atomic E-state index is 12.5. The van der Waals surface area contributed by atoms with E-state index in [1.807, 2.05) is 0 Å². The number of sulfonamides is 1. The molecule has 0 saturated carbocycles. The van der Waals surface area contributed by atoms with Gasteiger partial charge in [0.2, 0.25) is 15.9 Å². The number of anilines is 2. The topological polar surface area (TPSA) is 92.8 Å². The number of carbonyl (C=O) groups is 2. The van der Waals surface area contributed by atoms with E-state index in [9.17, 15) is 18.0 Å². The Balaban J connectivity index is 1.86. The van der Waals surface area contributed by atoms with E-state index >= 15 is 0 Å². The van der Waals surface area contributed by atoms with E-state index in [2.05, 4.69) is 5.32 Å². The zero-order chi connectivity index (χ0) is 19.8. The Morgan fingerprint density at radius 2 is 2.00 bits per heavy atom. The molecular weight excluding hydrogens is 392 g/mol. The molecule has 0 bridgehead atoms. The number of nitrogens with one attached hydrogen (secondary N) is 1. The Hall–Kier alpha value is -2.58. The van der Waals surface area contributed by atoms with E-state index in [1.54, 1.807) is 31.2 Å². The summed E-state index contributed by atoms with van der Waals surface area (Å²) in [6, 6.07) is 10.9. The number of hydrogen-bond acceptors (Lipinski definition) is 5. The highest BCUT2D eigenvalue weighted by Gasteiger charge is 2.42. The van der Waals surface area contributed by atoms with Crippen LogP contribution in [0, 0.1) is 5.92 Å². The molecule has 1 fully saturated rings. The molecule has 2 aromatic rings. The first-order valence-corrected chi connectivity index (χ1v) is 10.0. The molecule has 3 rings (SSSR count). The average molecular weight is 409 g/mol. The molecule has 2 aromatic carbocycles. The third kappa shape index (κ3) is 3.77. The van der Waals surface area contributed by atoms with Crippen molar-refractivity contribution in [2.45, 2.75) is 6.92 Å². The van der Waals surface area contributed by atoms with Crippen molar-refractivity contribution in [3.05, 3.63) is 53.1 Å². The fraction of sp³-hybridized carbons (Fsp3) is 0.222. The zero-order valence-corrected chi connectivity index (χ0v) is 16.2. The van der Waals surface area contributed by atoms with Crippen LogP contribution < -0.4 is 14.4 Å². The van der Waals surface area contributed by atoms with Crippen molar-refractivity contribution in [2.75, 3.05) is 22.5 Å². The monoisotopic (exact) mass is 408 g/mol. The third-order valence-electron chi connectivity index (χ3n) is 4.12. The first-order valence-electron chi connectivity index (χ1n) is 8.05. The summed E-state index contributed by atoms with van der Waals surface area (Å²) in [5.41, 5.74) is 0.790. The predicted octanol–water partition coefficient (Wildman–Crippen LogP) is 2.91. The normalized spacial score (nSPS) is 18.4. The van der Waals surface area contributed by atoms with Crippen LogP contribution in [0.3, 0.4) is 0 Å². The molecule has 1 aliphatic heterocycles. The summed E-state index contributed by atoms with van der Waals surface area (Å²) in [5, 5.41) is 2.73. The van der Waals surface area contributed by atoms with Crippen molar-refractivity contribution in [1.82, 2.24) is 0 Å². The number of carbonyl (C=O) groups excluding carboxylic acids is 2. The second-order valence-electron chi connectivity index (χ2n) is 6.13. The summed E-state index contributed by atoms with van der Waals surface area (Å²) < 4.78 is 30.2. The van der Waals surface area contributed by atoms with Gasteiger partial charge in [0.25, 0.3) is 5.91 Å². The molecule has 1 saturated heterocycles. The molecule has 0 radical (unpaired) electrons. The molecule has 7 nitrogen and oxygen atoms in total. The van der Waals surface area contributed by atoms with Crippen LogP contribution in [0.1, 0.15) is 17.3 Å². The summed E-state index contributed by atoms with van der Waals surface area (Å²) >= 11 is 6.19. The third-order valence-corrected chi connectivity index (χ3v) is 6.30. The standard InChI is InChI=1S/C18H17ClN2O5S/c1-11-10-27(24,25)21(18(11)23)13-6-7-15(16(19)9-13)17(22)20-12-4-3-5-14(8-12)26-2/h3-9,11H,10H2,1-2H3,(H,20,22)/t11-/m0/s1. The summed E-state index contributed by atoms with van der Waals surface area (Å²) in [4.78, 5) is 24.6. The molecular formula is C18H17ClN2O5S.